The topological polar surface area (TPSA) is 52.6 Å². The maximum atomic E-state index is 10.9. The molecule has 18 heavy (non-hydrogen) atoms. The van der Waals surface area contributed by atoms with E-state index < -0.39 is 11.9 Å². The lowest BCUT2D eigenvalue weighted by atomic mass is 10.4. The summed E-state index contributed by atoms with van der Waals surface area (Å²) in [6, 6.07) is 0. The molecule has 0 aromatic carbocycles. The summed E-state index contributed by atoms with van der Waals surface area (Å²) in [5.74, 6) is -1.08. The van der Waals surface area contributed by atoms with Gasteiger partial charge in [0.25, 0.3) is 0 Å². The van der Waals surface area contributed by atoms with E-state index in [9.17, 15) is 9.59 Å². The standard InChI is InChI=1S/C10H16O4.C4H10/c1-7(2)13-9(11)5-6-10(12)14-8(3)4;1-3-4-2/h5-8H,1-4H3;3-4H2,1-2H3/b6-5+;. The van der Waals surface area contributed by atoms with E-state index in [0.717, 1.165) is 12.2 Å². The summed E-state index contributed by atoms with van der Waals surface area (Å²) < 4.78 is 9.54. The molecule has 0 N–H and O–H groups in total. The molecule has 0 aliphatic carbocycles. The van der Waals surface area contributed by atoms with Crippen LogP contribution >= 0.6 is 0 Å². The fourth-order valence-electron chi connectivity index (χ4n) is 0.679. The molecule has 0 unspecified atom stereocenters. The zero-order valence-electron chi connectivity index (χ0n) is 12.4. The minimum absolute atomic E-state index is 0.187. The smallest absolute Gasteiger partial charge is 0.331 e. The highest BCUT2D eigenvalue weighted by atomic mass is 16.5. The summed E-state index contributed by atoms with van der Waals surface area (Å²) in [7, 11) is 0. The Balaban J connectivity index is 0. The Kier molecular flexibility index (Phi) is 12.8. The molecule has 0 aliphatic heterocycles. The van der Waals surface area contributed by atoms with Crippen molar-refractivity contribution in [2.75, 3.05) is 0 Å². The van der Waals surface area contributed by atoms with Crippen LogP contribution < -0.4 is 0 Å². The van der Waals surface area contributed by atoms with Gasteiger partial charge in [-0.05, 0) is 27.7 Å². The normalized spacial score (nSPS) is 10.2. The summed E-state index contributed by atoms with van der Waals surface area (Å²) in [6.07, 6.45) is 4.39. The number of hydrogen-bond donors (Lipinski definition) is 0. The van der Waals surface area contributed by atoms with Crippen LogP contribution in [0, 0.1) is 0 Å². The molecule has 0 amide bonds. The number of esters is 2. The lowest BCUT2D eigenvalue weighted by Crippen LogP contribution is -2.11. The maximum absolute atomic E-state index is 10.9. The number of unbranched alkanes of at least 4 members (excludes halogenated alkanes) is 1. The number of hydrogen-bond acceptors (Lipinski definition) is 4. The Hall–Kier alpha value is -1.32. The predicted molar refractivity (Wildman–Crippen MR) is 72.2 cm³/mol. The van der Waals surface area contributed by atoms with Crippen LogP contribution in [0.3, 0.4) is 0 Å². The summed E-state index contributed by atoms with van der Waals surface area (Å²) in [5, 5.41) is 0. The fraction of sp³-hybridized carbons (Fsp3) is 0.714. The fourth-order valence-corrected chi connectivity index (χ4v) is 0.679. The Bertz CT molecular complexity index is 229. The largest absolute Gasteiger partial charge is 0.460 e. The van der Waals surface area contributed by atoms with Crippen LogP contribution in [0.4, 0.5) is 0 Å². The first-order chi connectivity index (χ1) is 8.33. The van der Waals surface area contributed by atoms with E-state index in [1.54, 1.807) is 27.7 Å². The lowest BCUT2D eigenvalue weighted by molar-refractivity contribution is -0.144. The lowest BCUT2D eigenvalue weighted by Gasteiger charge is -2.05. The van der Waals surface area contributed by atoms with Crippen LogP contribution in [0.25, 0.3) is 0 Å². The average molecular weight is 258 g/mol. The zero-order valence-corrected chi connectivity index (χ0v) is 12.4. The molecular formula is C14H26O4. The monoisotopic (exact) mass is 258 g/mol. The average Bonchev–Trinajstić information content (AvgIpc) is 2.25. The second kappa shape index (κ2) is 12.1. The summed E-state index contributed by atoms with van der Waals surface area (Å²) in [6.45, 7) is 11.3. The van der Waals surface area contributed by atoms with E-state index in [4.69, 9.17) is 9.47 Å². The summed E-state index contributed by atoms with van der Waals surface area (Å²) in [4.78, 5) is 21.9. The van der Waals surface area contributed by atoms with Crippen molar-refractivity contribution in [1.82, 2.24) is 0 Å². The van der Waals surface area contributed by atoms with Crippen molar-refractivity contribution in [2.45, 2.75) is 66.6 Å². The third kappa shape index (κ3) is 17.1. The molecule has 4 nitrogen and oxygen atoms in total. The van der Waals surface area contributed by atoms with E-state index in [2.05, 4.69) is 13.8 Å². The highest BCUT2D eigenvalue weighted by molar-refractivity contribution is 5.91. The molecule has 0 heterocycles. The molecule has 0 rings (SSSR count). The van der Waals surface area contributed by atoms with Crippen molar-refractivity contribution in [3.8, 4) is 0 Å². The van der Waals surface area contributed by atoms with Gasteiger partial charge in [0.2, 0.25) is 0 Å². The van der Waals surface area contributed by atoms with Gasteiger partial charge in [-0.3, -0.25) is 0 Å². The minimum Gasteiger partial charge on any atom is -0.460 e. The van der Waals surface area contributed by atoms with E-state index in [0.29, 0.717) is 0 Å². The van der Waals surface area contributed by atoms with Gasteiger partial charge in [0.1, 0.15) is 0 Å². The van der Waals surface area contributed by atoms with E-state index >= 15 is 0 Å². The highest BCUT2D eigenvalue weighted by Gasteiger charge is 2.03. The highest BCUT2D eigenvalue weighted by Crippen LogP contribution is 1.93. The van der Waals surface area contributed by atoms with Crippen LogP contribution in [-0.4, -0.2) is 24.1 Å². The maximum Gasteiger partial charge on any atom is 0.331 e. The SMILES string of the molecule is CC(C)OC(=O)/C=C/C(=O)OC(C)C.CCCC. The number of ether oxygens (including phenoxy) is 2. The first-order valence-electron chi connectivity index (χ1n) is 6.42. The van der Waals surface area contributed by atoms with Crippen LogP contribution in [0.5, 0.6) is 0 Å². The molecule has 0 fully saturated rings. The van der Waals surface area contributed by atoms with Crippen LogP contribution in [0.2, 0.25) is 0 Å². The van der Waals surface area contributed by atoms with Gasteiger partial charge >= 0.3 is 11.9 Å². The van der Waals surface area contributed by atoms with E-state index in [-0.39, 0.29) is 12.2 Å². The molecule has 0 aliphatic rings. The zero-order chi connectivity index (χ0) is 14.6. The Morgan fingerprint density at radius 3 is 1.28 bits per heavy atom. The van der Waals surface area contributed by atoms with Crippen LogP contribution in [-0.2, 0) is 19.1 Å². The quantitative estimate of drug-likeness (QED) is 0.561. The third-order valence-corrected chi connectivity index (χ3v) is 1.56. The molecule has 0 saturated carbocycles. The van der Waals surface area contributed by atoms with Crippen LogP contribution in [0.1, 0.15) is 54.4 Å². The molecule has 0 bridgehead atoms. The second-order valence-electron chi connectivity index (χ2n) is 4.30. The molecule has 0 aromatic heterocycles. The Morgan fingerprint density at radius 1 is 0.833 bits per heavy atom. The predicted octanol–water partition coefficient (Wildman–Crippen LogP) is 3.25. The van der Waals surface area contributed by atoms with Gasteiger partial charge in [0.15, 0.2) is 0 Å². The van der Waals surface area contributed by atoms with Gasteiger partial charge in [-0.15, -0.1) is 0 Å². The van der Waals surface area contributed by atoms with Gasteiger partial charge in [-0.25, -0.2) is 9.59 Å². The first-order valence-corrected chi connectivity index (χ1v) is 6.42. The van der Waals surface area contributed by atoms with E-state index in [1.165, 1.54) is 12.8 Å². The number of carbonyl (C=O) groups excluding carboxylic acids is 2. The van der Waals surface area contributed by atoms with Crippen molar-refractivity contribution in [1.29, 1.82) is 0 Å². The van der Waals surface area contributed by atoms with Crippen molar-refractivity contribution < 1.29 is 19.1 Å². The molecule has 0 atom stereocenters. The second-order valence-corrected chi connectivity index (χ2v) is 4.30. The van der Waals surface area contributed by atoms with Crippen molar-refractivity contribution in [2.24, 2.45) is 0 Å². The molecule has 4 heteroatoms. The van der Waals surface area contributed by atoms with Crippen molar-refractivity contribution in [3.05, 3.63) is 12.2 Å². The molecule has 0 radical (unpaired) electrons. The minimum atomic E-state index is -0.541. The van der Waals surface area contributed by atoms with Gasteiger partial charge in [-0.1, -0.05) is 26.7 Å². The van der Waals surface area contributed by atoms with Gasteiger partial charge in [0.05, 0.1) is 12.2 Å². The Morgan fingerprint density at radius 2 is 1.11 bits per heavy atom. The summed E-state index contributed by atoms with van der Waals surface area (Å²) in [5.41, 5.74) is 0. The number of rotatable bonds is 5. The van der Waals surface area contributed by atoms with Gasteiger partial charge < -0.3 is 9.47 Å². The van der Waals surface area contributed by atoms with E-state index in [1.807, 2.05) is 0 Å². The third-order valence-electron chi connectivity index (χ3n) is 1.56. The molecule has 0 spiro atoms. The molecular weight excluding hydrogens is 232 g/mol. The van der Waals surface area contributed by atoms with Gasteiger partial charge in [-0.2, -0.15) is 0 Å². The molecule has 0 saturated heterocycles. The molecule has 0 aromatic rings. The molecule has 106 valence electrons. The summed E-state index contributed by atoms with van der Waals surface area (Å²) >= 11 is 0. The van der Waals surface area contributed by atoms with Crippen molar-refractivity contribution in [3.63, 3.8) is 0 Å². The van der Waals surface area contributed by atoms with Crippen molar-refractivity contribution >= 4 is 11.9 Å². The van der Waals surface area contributed by atoms with Crippen LogP contribution in [0.15, 0.2) is 12.2 Å². The Labute approximate surface area is 110 Å². The number of carbonyl (C=O) groups is 2. The first kappa shape index (κ1) is 19.0. The van der Waals surface area contributed by atoms with Gasteiger partial charge in [0, 0.05) is 12.2 Å².